The minimum absolute atomic E-state index is 0.0338. The summed E-state index contributed by atoms with van der Waals surface area (Å²) < 4.78 is 11.0. The molecule has 0 aromatic carbocycles. The second-order valence-corrected chi connectivity index (χ2v) is 4.50. The van der Waals surface area contributed by atoms with Crippen LogP contribution in [0.3, 0.4) is 0 Å². The number of rotatable bonds is 6. The molecular weight excluding hydrogens is 208 g/mol. The van der Waals surface area contributed by atoms with Crippen molar-refractivity contribution in [1.29, 1.82) is 0 Å². The average Bonchev–Trinajstić information content (AvgIpc) is 2.56. The van der Waals surface area contributed by atoms with Gasteiger partial charge >= 0.3 is 0 Å². The molecule has 0 radical (unpaired) electrons. The molecule has 1 atom stereocenters. The quantitative estimate of drug-likeness (QED) is 0.647. The minimum Gasteiger partial charge on any atom is -0.353 e. The molecule has 0 spiro atoms. The van der Waals surface area contributed by atoms with Crippen LogP contribution < -0.4 is 11.1 Å². The van der Waals surface area contributed by atoms with E-state index in [1.807, 2.05) is 13.8 Å². The summed E-state index contributed by atoms with van der Waals surface area (Å²) in [4.78, 5) is 11.4. The molecular formula is C11H22N2O3. The van der Waals surface area contributed by atoms with Crippen LogP contribution in [0.1, 0.15) is 33.1 Å². The van der Waals surface area contributed by atoms with E-state index < -0.39 is 5.79 Å². The third kappa shape index (κ3) is 4.92. The zero-order chi connectivity index (χ0) is 12.0. The Bertz CT molecular complexity index is 231. The number of hydrogen-bond donors (Lipinski definition) is 2. The summed E-state index contributed by atoms with van der Waals surface area (Å²) in [6, 6.07) is 0. The van der Waals surface area contributed by atoms with Crippen LogP contribution in [0.15, 0.2) is 0 Å². The summed E-state index contributed by atoms with van der Waals surface area (Å²) in [5.74, 6) is -0.462. The maximum absolute atomic E-state index is 11.4. The van der Waals surface area contributed by atoms with E-state index >= 15 is 0 Å². The maximum atomic E-state index is 11.4. The predicted octanol–water partition coefficient (Wildman–Crippen LogP) is 0.383. The number of amides is 1. The molecule has 3 N–H and O–H groups in total. The van der Waals surface area contributed by atoms with Crippen LogP contribution in [0.2, 0.25) is 0 Å². The van der Waals surface area contributed by atoms with E-state index in [-0.39, 0.29) is 12.0 Å². The molecule has 1 amide bonds. The van der Waals surface area contributed by atoms with Crippen LogP contribution in [0.4, 0.5) is 0 Å². The SMILES string of the molecule is CC1(C)OCC(CNC(=O)CCCCN)O1. The number of ether oxygens (including phenoxy) is 2. The van der Waals surface area contributed by atoms with Crippen molar-refractivity contribution in [2.24, 2.45) is 5.73 Å². The fourth-order valence-electron chi connectivity index (χ4n) is 1.61. The van der Waals surface area contributed by atoms with E-state index in [9.17, 15) is 4.79 Å². The highest BCUT2D eigenvalue weighted by Gasteiger charge is 2.32. The van der Waals surface area contributed by atoms with Crippen molar-refractivity contribution in [3.63, 3.8) is 0 Å². The lowest BCUT2D eigenvalue weighted by molar-refractivity contribution is -0.139. The monoisotopic (exact) mass is 230 g/mol. The lowest BCUT2D eigenvalue weighted by Gasteiger charge is -2.17. The fourth-order valence-corrected chi connectivity index (χ4v) is 1.61. The summed E-state index contributed by atoms with van der Waals surface area (Å²) in [5.41, 5.74) is 5.35. The van der Waals surface area contributed by atoms with Crippen molar-refractivity contribution in [2.75, 3.05) is 19.7 Å². The standard InChI is InChI=1S/C11H22N2O3/c1-11(2)15-8-9(16-11)7-13-10(14)5-3-4-6-12/h9H,3-8,12H2,1-2H3,(H,13,14). The molecule has 1 aliphatic heterocycles. The minimum atomic E-state index is -0.519. The van der Waals surface area contributed by atoms with E-state index in [1.165, 1.54) is 0 Å². The van der Waals surface area contributed by atoms with Gasteiger partial charge in [0.2, 0.25) is 5.91 Å². The van der Waals surface area contributed by atoms with Crippen molar-refractivity contribution in [2.45, 2.75) is 45.0 Å². The number of nitrogens with one attached hydrogen (secondary N) is 1. The van der Waals surface area contributed by atoms with Gasteiger partial charge in [-0.05, 0) is 33.2 Å². The van der Waals surface area contributed by atoms with Crippen LogP contribution in [-0.2, 0) is 14.3 Å². The van der Waals surface area contributed by atoms with Gasteiger partial charge in [0.05, 0.1) is 6.61 Å². The van der Waals surface area contributed by atoms with Crippen molar-refractivity contribution >= 4 is 5.91 Å². The van der Waals surface area contributed by atoms with E-state index in [0.29, 0.717) is 26.1 Å². The molecule has 1 fully saturated rings. The molecule has 0 aliphatic carbocycles. The molecule has 1 saturated heterocycles. The number of carbonyl (C=O) groups is 1. The highest BCUT2D eigenvalue weighted by atomic mass is 16.7. The highest BCUT2D eigenvalue weighted by Crippen LogP contribution is 2.21. The molecule has 94 valence electrons. The van der Waals surface area contributed by atoms with Gasteiger partial charge in [-0.3, -0.25) is 4.79 Å². The first-order valence-electron chi connectivity index (χ1n) is 5.82. The van der Waals surface area contributed by atoms with Crippen LogP contribution in [0.5, 0.6) is 0 Å². The molecule has 5 nitrogen and oxygen atoms in total. The molecule has 16 heavy (non-hydrogen) atoms. The van der Waals surface area contributed by atoms with Crippen LogP contribution >= 0.6 is 0 Å². The van der Waals surface area contributed by atoms with Gasteiger partial charge in [-0.1, -0.05) is 0 Å². The van der Waals surface area contributed by atoms with Gasteiger partial charge in [0, 0.05) is 13.0 Å². The van der Waals surface area contributed by atoms with Crippen molar-refractivity contribution in [1.82, 2.24) is 5.32 Å². The largest absolute Gasteiger partial charge is 0.353 e. The molecule has 1 rings (SSSR count). The van der Waals surface area contributed by atoms with Crippen LogP contribution in [0, 0.1) is 0 Å². The van der Waals surface area contributed by atoms with E-state index in [4.69, 9.17) is 15.2 Å². The molecule has 0 saturated carbocycles. The van der Waals surface area contributed by atoms with Gasteiger partial charge in [-0.15, -0.1) is 0 Å². The Morgan fingerprint density at radius 1 is 1.50 bits per heavy atom. The normalized spacial score (nSPS) is 23.3. The summed E-state index contributed by atoms with van der Waals surface area (Å²) in [7, 11) is 0. The first kappa shape index (κ1) is 13.4. The predicted molar refractivity (Wildman–Crippen MR) is 60.8 cm³/mol. The topological polar surface area (TPSA) is 73.6 Å². The molecule has 1 unspecified atom stereocenters. The smallest absolute Gasteiger partial charge is 0.220 e. The first-order chi connectivity index (χ1) is 7.53. The third-order valence-electron chi connectivity index (χ3n) is 2.45. The highest BCUT2D eigenvalue weighted by molar-refractivity contribution is 5.75. The van der Waals surface area contributed by atoms with Gasteiger partial charge in [-0.2, -0.15) is 0 Å². The lowest BCUT2D eigenvalue weighted by Crippen LogP contribution is -2.34. The van der Waals surface area contributed by atoms with Gasteiger partial charge in [0.15, 0.2) is 5.79 Å². The first-order valence-corrected chi connectivity index (χ1v) is 5.82. The summed E-state index contributed by atoms with van der Waals surface area (Å²) in [6.45, 7) is 5.44. The number of nitrogens with two attached hydrogens (primary N) is 1. The number of unbranched alkanes of at least 4 members (excludes halogenated alkanes) is 1. The Morgan fingerprint density at radius 3 is 2.81 bits per heavy atom. The second kappa shape index (κ2) is 6.18. The fraction of sp³-hybridized carbons (Fsp3) is 0.909. The molecule has 1 heterocycles. The summed E-state index contributed by atoms with van der Waals surface area (Å²) in [6.07, 6.45) is 2.24. The van der Waals surface area contributed by atoms with Gasteiger partial charge in [-0.25, -0.2) is 0 Å². The zero-order valence-corrected chi connectivity index (χ0v) is 10.1. The Labute approximate surface area is 96.7 Å². The zero-order valence-electron chi connectivity index (χ0n) is 10.1. The van der Waals surface area contributed by atoms with Crippen molar-refractivity contribution in [3.05, 3.63) is 0 Å². The molecule has 5 heteroatoms. The van der Waals surface area contributed by atoms with Gasteiger partial charge in [0.25, 0.3) is 0 Å². The Kier molecular flexibility index (Phi) is 5.18. The van der Waals surface area contributed by atoms with Crippen LogP contribution in [0.25, 0.3) is 0 Å². The van der Waals surface area contributed by atoms with Gasteiger partial charge < -0.3 is 20.5 Å². The maximum Gasteiger partial charge on any atom is 0.220 e. The molecule has 0 bridgehead atoms. The van der Waals surface area contributed by atoms with Gasteiger partial charge in [0.1, 0.15) is 6.10 Å². The molecule has 0 aromatic heterocycles. The lowest BCUT2D eigenvalue weighted by atomic mass is 10.2. The number of hydrogen-bond acceptors (Lipinski definition) is 4. The van der Waals surface area contributed by atoms with Crippen LogP contribution in [-0.4, -0.2) is 37.5 Å². The Hall–Kier alpha value is -0.650. The van der Waals surface area contributed by atoms with Crippen molar-refractivity contribution in [3.8, 4) is 0 Å². The Morgan fingerprint density at radius 2 is 2.25 bits per heavy atom. The Balaban J connectivity index is 2.08. The van der Waals surface area contributed by atoms with Crippen molar-refractivity contribution < 1.29 is 14.3 Å². The average molecular weight is 230 g/mol. The molecule has 1 aliphatic rings. The van der Waals surface area contributed by atoms with E-state index in [1.54, 1.807) is 0 Å². The molecule has 0 aromatic rings. The van der Waals surface area contributed by atoms with E-state index in [2.05, 4.69) is 5.32 Å². The number of carbonyl (C=O) groups excluding carboxylic acids is 1. The summed E-state index contributed by atoms with van der Waals surface area (Å²) in [5, 5.41) is 2.84. The second-order valence-electron chi connectivity index (χ2n) is 4.50. The third-order valence-corrected chi connectivity index (χ3v) is 2.45. The summed E-state index contributed by atoms with van der Waals surface area (Å²) >= 11 is 0. The van der Waals surface area contributed by atoms with E-state index in [0.717, 1.165) is 12.8 Å².